The quantitative estimate of drug-likeness (QED) is 0.389. The summed E-state index contributed by atoms with van der Waals surface area (Å²) in [4.78, 5) is 54.4. The topological polar surface area (TPSA) is 96.0 Å². The number of likely N-dealkylation sites (N-methyl/N-ethyl adjacent to an activating group) is 1. The summed E-state index contributed by atoms with van der Waals surface area (Å²) in [6, 6.07) is -2.13. The fourth-order valence-corrected chi connectivity index (χ4v) is 2.44. The van der Waals surface area contributed by atoms with Crippen molar-refractivity contribution in [1.29, 1.82) is 0 Å². The van der Waals surface area contributed by atoms with Crippen LogP contribution in [0.5, 0.6) is 0 Å². The van der Waals surface area contributed by atoms with Crippen molar-refractivity contribution in [2.24, 2.45) is 11.8 Å². The molecule has 3 amide bonds. The molecule has 0 spiro atoms. The summed E-state index contributed by atoms with van der Waals surface area (Å²) in [5, 5.41) is 2.94. The van der Waals surface area contributed by atoms with Crippen LogP contribution in [0.1, 0.15) is 51.1 Å². The predicted molar refractivity (Wildman–Crippen MR) is 90.9 cm³/mol. The van der Waals surface area contributed by atoms with E-state index in [2.05, 4.69) is 5.32 Å². The van der Waals surface area contributed by atoms with E-state index < -0.39 is 48.7 Å². The SMILES string of the molecule is [2H][13C]([2H])([2H])[15N](C)C(CC(C)C)C(=O)NC(C(=O)ON1C(=O)CCC1=O)C(C)C. The molecule has 0 radical (unpaired) electrons. The van der Waals surface area contributed by atoms with Crippen molar-refractivity contribution in [2.45, 2.75) is 59.0 Å². The third-order valence-corrected chi connectivity index (χ3v) is 3.87. The third-order valence-electron chi connectivity index (χ3n) is 3.87. The van der Waals surface area contributed by atoms with Crippen molar-refractivity contribution in [2.75, 3.05) is 14.0 Å². The maximum absolute atomic E-state index is 12.8. The lowest BCUT2D eigenvalue weighted by Gasteiger charge is -2.28. The Hall–Kier alpha value is -1.96. The zero-order valence-corrected chi connectivity index (χ0v) is 15.4. The van der Waals surface area contributed by atoms with E-state index in [-0.39, 0.29) is 25.2 Å². The number of hydrogen-bond acceptors (Lipinski definition) is 6. The van der Waals surface area contributed by atoms with Crippen LogP contribution in [0.15, 0.2) is 0 Å². The average molecular weight is 360 g/mol. The highest BCUT2D eigenvalue weighted by molar-refractivity contribution is 6.02. The zero-order chi connectivity index (χ0) is 21.8. The lowest BCUT2D eigenvalue weighted by molar-refractivity contribution is -0.199. The number of hydroxylamine groups is 2. The maximum Gasteiger partial charge on any atom is 0.355 e. The molecule has 1 fully saturated rings. The average Bonchev–Trinajstić information content (AvgIpc) is 2.87. The number of nitrogens with zero attached hydrogens (tertiary/aromatic N) is 2. The van der Waals surface area contributed by atoms with Gasteiger partial charge in [0.25, 0.3) is 11.8 Å². The lowest BCUT2D eigenvalue weighted by atomic mass is 10.0. The van der Waals surface area contributed by atoms with Gasteiger partial charge < -0.3 is 10.2 Å². The molecule has 1 aliphatic rings. The predicted octanol–water partition coefficient (Wildman–Crippen LogP) is 0.711. The van der Waals surface area contributed by atoms with Gasteiger partial charge in [-0.15, -0.1) is 5.06 Å². The summed E-state index contributed by atoms with van der Waals surface area (Å²) in [7, 11) is 1.32. The first-order valence-corrected chi connectivity index (χ1v) is 8.36. The van der Waals surface area contributed by atoms with Gasteiger partial charge >= 0.3 is 5.97 Å². The highest BCUT2D eigenvalue weighted by Crippen LogP contribution is 2.15. The van der Waals surface area contributed by atoms with Crippen molar-refractivity contribution < 1.29 is 28.1 Å². The van der Waals surface area contributed by atoms with Crippen LogP contribution < -0.4 is 5.32 Å². The van der Waals surface area contributed by atoms with E-state index in [0.29, 0.717) is 5.06 Å². The molecule has 0 aliphatic carbocycles. The first-order valence-electron chi connectivity index (χ1n) is 9.86. The number of hydrogen-bond donors (Lipinski definition) is 1. The van der Waals surface area contributed by atoms with Crippen LogP contribution in [0.2, 0.25) is 0 Å². The number of carbonyl (C=O) groups excluding carboxylic acids is 4. The molecular weight excluding hydrogens is 328 g/mol. The van der Waals surface area contributed by atoms with Crippen LogP contribution in [0.3, 0.4) is 0 Å². The minimum absolute atomic E-state index is 0.0323. The van der Waals surface area contributed by atoms with E-state index in [1.165, 1.54) is 7.05 Å². The van der Waals surface area contributed by atoms with Gasteiger partial charge in [0.05, 0.1) is 6.04 Å². The fraction of sp³-hybridized carbons (Fsp3) is 0.765. The molecule has 0 aromatic rings. The summed E-state index contributed by atoms with van der Waals surface area (Å²) in [5.74, 6) is -3.21. The Morgan fingerprint density at radius 1 is 1.24 bits per heavy atom. The molecule has 2 atom stereocenters. The summed E-state index contributed by atoms with van der Waals surface area (Å²) >= 11 is 0. The molecule has 1 heterocycles. The first-order chi connectivity index (χ1) is 12.8. The van der Waals surface area contributed by atoms with Gasteiger partial charge in [-0.25, -0.2) is 4.79 Å². The number of imide groups is 1. The van der Waals surface area contributed by atoms with Crippen LogP contribution in [0, 0.1) is 11.8 Å². The molecule has 1 aliphatic heterocycles. The largest absolute Gasteiger partial charge is 0.355 e. The second-order valence-electron chi connectivity index (χ2n) is 6.98. The van der Waals surface area contributed by atoms with Gasteiger partial charge in [-0.05, 0) is 32.3 Å². The Kier molecular flexibility index (Phi) is 5.90. The van der Waals surface area contributed by atoms with Crippen molar-refractivity contribution >= 4 is 23.7 Å². The molecule has 25 heavy (non-hydrogen) atoms. The van der Waals surface area contributed by atoms with E-state index in [1.807, 2.05) is 13.8 Å². The second-order valence-corrected chi connectivity index (χ2v) is 6.98. The van der Waals surface area contributed by atoms with Gasteiger partial charge in [-0.3, -0.25) is 19.3 Å². The minimum atomic E-state index is -2.49. The summed E-state index contributed by atoms with van der Waals surface area (Å²) < 4.78 is 22.7. The van der Waals surface area contributed by atoms with Crippen molar-refractivity contribution in [3.05, 3.63) is 0 Å². The van der Waals surface area contributed by atoms with Gasteiger partial charge in [-0.2, -0.15) is 0 Å². The Bertz CT molecular complexity index is 606. The normalized spacial score (nSPS) is 19.7. The molecule has 142 valence electrons. The van der Waals surface area contributed by atoms with E-state index >= 15 is 0 Å². The molecule has 0 aromatic heterocycles. The second kappa shape index (κ2) is 8.94. The molecule has 8 nitrogen and oxygen atoms in total. The highest BCUT2D eigenvalue weighted by Gasteiger charge is 2.37. The number of amides is 3. The van der Waals surface area contributed by atoms with Crippen LogP contribution in [0.25, 0.3) is 0 Å². The summed E-state index contributed by atoms with van der Waals surface area (Å²) in [6.45, 7) is 4.54. The number of rotatable bonds is 8. The van der Waals surface area contributed by atoms with Gasteiger partial charge in [0.1, 0.15) is 6.04 Å². The monoisotopic (exact) mass is 360 g/mol. The minimum Gasteiger partial charge on any atom is -0.341 e. The summed E-state index contributed by atoms with van der Waals surface area (Å²) in [6.07, 6.45) is 0.193. The van der Waals surface area contributed by atoms with Crippen LogP contribution in [-0.2, 0) is 24.0 Å². The number of carbonyl (C=O) groups is 4. The fourth-order valence-electron chi connectivity index (χ4n) is 2.44. The molecule has 0 aromatic carbocycles. The Balaban J connectivity index is 2.95. The zero-order valence-electron chi connectivity index (χ0n) is 18.4. The molecular formula is C17H29N3O5. The maximum atomic E-state index is 12.8. The Morgan fingerprint density at radius 3 is 2.24 bits per heavy atom. The third kappa shape index (κ3) is 5.81. The van der Waals surface area contributed by atoms with Gasteiger partial charge in [-0.1, -0.05) is 27.7 Å². The smallest absolute Gasteiger partial charge is 0.341 e. The molecule has 1 rings (SSSR count). The van der Waals surface area contributed by atoms with E-state index in [1.54, 1.807) is 13.8 Å². The Morgan fingerprint density at radius 2 is 1.80 bits per heavy atom. The van der Waals surface area contributed by atoms with Crippen molar-refractivity contribution in [3.8, 4) is 0 Å². The molecule has 2 unspecified atom stereocenters. The van der Waals surface area contributed by atoms with Gasteiger partial charge in [0, 0.05) is 17.0 Å². The number of nitrogens with one attached hydrogen (secondary N) is 1. The van der Waals surface area contributed by atoms with E-state index in [4.69, 9.17) is 8.95 Å². The van der Waals surface area contributed by atoms with Crippen molar-refractivity contribution in [3.63, 3.8) is 0 Å². The molecule has 1 saturated heterocycles. The molecule has 0 saturated carbocycles. The Labute approximate surface area is 153 Å². The van der Waals surface area contributed by atoms with Gasteiger partial charge in [0.2, 0.25) is 5.91 Å². The lowest BCUT2D eigenvalue weighted by Crippen LogP contribution is -2.53. The van der Waals surface area contributed by atoms with Crippen LogP contribution in [-0.4, -0.2) is 59.8 Å². The molecule has 0 bridgehead atoms. The van der Waals surface area contributed by atoms with Crippen LogP contribution in [0.4, 0.5) is 0 Å². The van der Waals surface area contributed by atoms with E-state index in [0.717, 1.165) is 4.90 Å². The summed E-state index contributed by atoms with van der Waals surface area (Å²) in [5.41, 5.74) is 0. The van der Waals surface area contributed by atoms with Gasteiger partial charge in [0.15, 0.2) is 0 Å². The van der Waals surface area contributed by atoms with Crippen molar-refractivity contribution in [1.82, 2.24) is 15.3 Å². The highest BCUT2D eigenvalue weighted by atomic mass is 16.7. The molecule has 1 N–H and O–H groups in total. The van der Waals surface area contributed by atoms with E-state index in [9.17, 15) is 19.2 Å². The standard InChI is InChI=1S/C17H29N3O5/c1-10(2)9-12(19(5)6)16(23)18-15(11(3)4)17(24)25-20-13(21)7-8-14(20)22/h10-12,15H,7-9H2,1-6H3,(H,18,23)/i5+1D3,19+1. The van der Waals surface area contributed by atoms with Crippen LogP contribution >= 0.6 is 0 Å². The molecule has 8 heteroatoms. The first kappa shape index (κ1) is 16.5.